The summed E-state index contributed by atoms with van der Waals surface area (Å²) in [7, 11) is 2.10. The highest BCUT2D eigenvalue weighted by Crippen LogP contribution is 2.17. The average molecular weight is 235 g/mol. The molecule has 1 aliphatic heterocycles. The highest BCUT2D eigenvalue weighted by molar-refractivity contribution is 5.91. The van der Waals surface area contributed by atoms with Crippen molar-refractivity contribution < 1.29 is 9.90 Å². The summed E-state index contributed by atoms with van der Waals surface area (Å²) in [5.41, 5.74) is 0.688. The molecule has 1 unspecified atom stereocenters. The Morgan fingerprint density at radius 1 is 1.71 bits per heavy atom. The SMILES string of the molecule is CN1CCCC1CNc1cccnc1C(=O)O. The third-order valence-electron chi connectivity index (χ3n) is 3.21. The summed E-state index contributed by atoms with van der Waals surface area (Å²) in [6.45, 7) is 1.88. The molecule has 2 heterocycles. The van der Waals surface area contributed by atoms with Crippen LogP contribution in [0.4, 0.5) is 5.69 Å². The predicted molar refractivity (Wildman–Crippen MR) is 65.3 cm³/mol. The number of hydrogen-bond donors (Lipinski definition) is 2. The third kappa shape index (κ3) is 2.74. The van der Waals surface area contributed by atoms with E-state index in [0.717, 1.165) is 19.5 Å². The summed E-state index contributed by atoms with van der Waals surface area (Å²) in [6.07, 6.45) is 3.87. The van der Waals surface area contributed by atoms with Gasteiger partial charge in [-0.15, -0.1) is 0 Å². The number of pyridine rings is 1. The monoisotopic (exact) mass is 235 g/mol. The summed E-state index contributed by atoms with van der Waals surface area (Å²) >= 11 is 0. The minimum atomic E-state index is -0.993. The Hall–Kier alpha value is -1.62. The minimum absolute atomic E-state index is 0.0909. The summed E-state index contributed by atoms with van der Waals surface area (Å²) in [5, 5.41) is 12.2. The molecule has 1 atom stereocenters. The highest BCUT2D eigenvalue weighted by Gasteiger charge is 2.21. The lowest BCUT2D eigenvalue weighted by atomic mass is 10.2. The Bertz CT molecular complexity index is 408. The van der Waals surface area contributed by atoms with Crippen molar-refractivity contribution in [3.63, 3.8) is 0 Å². The van der Waals surface area contributed by atoms with Crippen LogP contribution in [0.5, 0.6) is 0 Å². The van der Waals surface area contributed by atoms with Gasteiger partial charge in [0.25, 0.3) is 0 Å². The number of anilines is 1. The molecule has 0 bridgehead atoms. The molecular formula is C12H17N3O2. The van der Waals surface area contributed by atoms with Gasteiger partial charge in [-0.1, -0.05) is 0 Å². The van der Waals surface area contributed by atoms with Crippen LogP contribution in [0.25, 0.3) is 0 Å². The Morgan fingerprint density at radius 3 is 3.18 bits per heavy atom. The van der Waals surface area contributed by atoms with Crippen molar-refractivity contribution in [1.29, 1.82) is 0 Å². The molecule has 0 radical (unpaired) electrons. The molecule has 17 heavy (non-hydrogen) atoms. The second kappa shape index (κ2) is 5.14. The van der Waals surface area contributed by atoms with Crippen LogP contribution in [0.3, 0.4) is 0 Å². The molecule has 92 valence electrons. The van der Waals surface area contributed by atoms with E-state index in [0.29, 0.717) is 11.7 Å². The van der Waals surface area contributed by atoms with Crippen molar-refractivity contribution in [2.45, 2.75) is 18.9 Å². The molecule has 1 aromatic heterocycles. The third-order valence-corrected chi connectivity index (χ3v) is 3.21. The van der Waals surface area contributed by atoms with Crippen LogP contribution in [0.1, 0.15) is 23.3 Å². The number of carboxylic acid groups (broad SMARTS) is 1. The zero-order valence-electron chi connectivity index (χ0n) is 9.89. The number of carbonyl (C=O) groups is 1. The molecule has 1 aliphatic rings. The van der Waals surface area contributed by atoms with Gasteiger partial charge in [-0.2, -0.15) is 0 Å². The first-order valence-electron chi connectivity index (χ1n) is 5.81. The number of rotatable bonds is 4. The topological polar surface area (TPSA) is 65.5 Å². The standard InChI is InChI=1S/C12H17N3O2/c1-15-7-3-4-9(15)8-14-10-5-2-6-13-11(10)12(16)17/h2,5-6,9,14H,3-4,7-8H2,1H3,(H,16,17). The van der Waals surface area contributed by atoms with Gasteiger partial charge in [0.1, 0.15) is 0 Å². The van der Waals surface area contributed by atoms with Crippen LogP contribution in [0.15, 0.2) is 18.3 Å². The van der Waals surface area contributed by atoms with E-state index in [1.165, 1.54) is 12.6 Å². The molecule has 0 aliphatic carbocycles. The molecule has 0 spiro atoms. The number of aromatic nitrogens is 1. The van der Waals surface area contributed by atoms with E-state index in [1.807, 2.05) is 0 Å². The van der Waals surface area contributed by atoms with E-state index >= 15 is 0 Å². The van der Waals surface area contributed by atoms with Crippen molar-refractivity contribution in [2.24, 2.45) is 0 Å². The molecule has 1 aromatic rings. The molecule has 0 aromatic carbocycles. The van der Waals surface area contributed by atoms with E-state index in [1.54, 1.807) is 12.1 Å². The zero-order chi connectivity index (χ0) is 12.3. The van der Waals surface area contributed by atoms with Gasteiger partial charge in [0.2, 0.25) is 0 Å². The minimum Gasteiger partial charge on any atom is -0.476 e. The van der Waals surface area contributed by atoms with Crippen molar-refractivity contribution in [2.75, 3.05) is 25.5 Å². The molecule has 2 N–H and O–H groups in total. The van der Waals surface area contributed by atoms with E-state index in [9.17, 15) is 4.79 Å². The Labute approximate surface area is 100 Å². The molecule has 1 saturated heterocycles. The summed E-state index contributed by atoms with van der Waals surface area (Å²) in [6, 6.07) is 3.98. The molecule has 5 nitrogen and oxygen atoms in total. The fourth-order valence-electron chi connectivity index (χ4n) is 2.18. The number of aromatic carboxylic acids is 1. The van der Waals surface area contributed by atoms with Crippen LogP contribution in [-0.4, -0.2) is 47.1 Å². The first-order valence-corrected chi connectivity index (χ1v) is 5.81. The number of carboxylic acids is 1. The highest BCUT2D eigenvalue weighted by atomic mass is 16.4. The van der Waals surface area contributed by atoms with Crippen LogP contribution >= 0.6 is 0 Å². The van der Waals surface area contributed by atoms with E-state index in [2.05, 4.69) is 22.2 Å². The fourth-order valence-corrected chi connectivity index (χ4v) is 2.18. The van der Waals surface area contributed by atoms with Crippen LogP contribution < -0.4 is 5.32 Å². The first-order chi connectivity index (χ1) is 8.18. The second-order valence-corrected chi connectivity index (χ2v) is 4.36. The number of nitrogens with zero attached hydrogens (tertiary/aromatic N) is 2. The maximum Gasteiger partial charge on any atom is 0.356 e. The lowest BCUT2D eigenvalue weighted by Gasteiger charge is -2.20. The lowest BCUT2D eigenvalue weighted by molar-refractivity contribution is 0.0691. The van der Waals surface area contributed by atoms with Gasteiger partial charge in [-0.3, -0.25) is 0 Å². The van der Waals surface area contributed by atoms with Gasteiger partial charge in [-0.05, 0) is 38.6 Å². The number of likely N-dealkylation sites (tertiary alicyclic amines) is 1. The average Bonchev–Trinajstić information content (AvgIpc) is 2.72. The van der Waals surface area contributed by atoms with Gasteiger partial charge < -0.3 is 15.3 Å². The summed E-state index contributed by atoms with van der Waals surface area (Å²) in [5.74, 6) is -0.993. The quantitative estimate of drug-likeness (QED) is 0.823. The largest absolute Gasteiger partial charge is 0.476 e. The molecule has 0 amide bonds. The maximum absolute atomic E-state index is 11.0. The fraction of sp³-hybridized carbons (Fsp3) is 0.500. The van der Waals surface area contributed by atoms with E-state index < -0.39 is 5.97 Å². The smallest absolute Gasteiger partial charge is 0.356 e. The number of nitrogens with one attached hydrogen (secondary N) is 1. The Morgan fingerprint density at radius 2 is 2.53 bits per heavy atom. The van der Waals surface area contributed by atoms with Crippen molar-refractivity contribution in [3.05, 3.63) is 24.0 Å². The van der Waals surface area contributed by atoms with Crippen molar-refractivity contribution in [1.82, 2.24) is 9.88 Å². The molecular weight excluding hydrogens is 218 g/mol. The summed E-state index contributed by atoms with van der Waals surface area (Å²) in [4.78, 5) is 17.1. The molecule has 5 heteroatoms. The van der Waals surface area contributed by atoms with Crippen molar-refractivity contribution in [3.8, 4) is 0 Å². The van der Waals surface area contributed by atoms with Gasteiger partial charge in [0, 0.05) is 18.8 Å². The Kier molecular flexibility index (Phi) is 3.58. The summed E-state index contributed by atoms with van der Waals surface area (Å²) < 4.78 is 0. The normalized spacial score (nSPS) is 20.4. The first kappa shape index (κ1) is 11.9. The number of hydrogen-bond acceptors (Lipinski definition) is 4. The maximum atomic E-state index is 11.0. The zero-order valence-corrected chi connectivity index (χ0v) is 9.89. The van der Waals surface area contributed by atoms with Gasteiger partial charge in [0.05, 0.1) is 5.69 Å². The predicted octanol–water partition coefficient (Wildman–Crippen LogP) is 1.29. The van der Waals surface area contributed by atoms with Crippen LogP contribution in [-0.2, 0) is 0 Å². The lowest BCUT2D eigenvalue weighted by Crippen LogP contribution is -2.31. The molecule has 1 fully saturated rings. The van der Waals surface area contributed by atoms with Gasteiger partial charge in [-0.25, -0.2) is 9.78 Å². The van der Waals surface area contributed by atoms with Crippen LogP contribution in [0.2, 0.25) is 0 Å². The van der Waals surface area contributed by atoms with E-state index in [-0.39, 0.29) is 5.69 Å². The molecule has 2 rings (SSSR count). The number of likely N-dealkylation sites (N-methyl/N-ethyl adjacent to an activating group) is 1. The second-order valence-electron chi connectivity index (χ2n) is 4.36. The Balaban J connectivity index is 2.01. The van der Waals surface area contributed by atoms with Crippen LogP contribution in [0, 0.1) is 0 Å². The van der Waals surface area contributed by atoms with E-state index in [4.69, 9.17) is 5.11 Å². The van der Waals surface area contributed by atoms with Crippen molar-refractivity contribution >= 4 is 11.7 Å². The molecule has 0 saturated carbocycles. The van der Waals surface area contributed by atoms with Gasteiger partial charge >= 0.3 is 5.97 Å². The van der Waals surface area contributed by atoms with Gasteiger partial charge in [0.15, 0.2) is 5.69 Å².